The van der Waals surface area contributed by atoms with Gasteiger partial charge in [0.2, 0.25) is 0 Å². The third-order valence-electron chi connectivity index (χ3n) is 4.86. The quantitative estimate of drug-likeness (QED) is 0.850. The first-order valence-electron chi connectivity index (χ1n) is 8.44. The maximum atomic E-state index is 12.5. The van der Waals surface area contributed by atoms with Crippen molar-refractivity contribution in [3.05, 3.63) is 23.2 Å². The van der Waals surface area contributed by atoms with E-state index in [2.05, 4.69) is 9.80 Å². The zero-order valence-electron chi connectivity index (χ0n) is 13.8. The number of nitrogens with zero attached hydrogens (tertiary/aromatic N) is 3. The van der Waals surface area contributed by atoms with Crippen LogP contribution in [0.1, 0.15) is 34.7 Å². The average Bonchev–Trinajstić information content (AvgIpc) is 3.14. The van der Waals surface area contributed by atoms with Crippen LogP contribution < -0.4 is 0 Å². The van der Waals surface area contributed by atoms with E-state index in [1.807, 2.05) is 24.8 Å². The fourth-order valence-electron chi connectivity index (χ4n) is 3.48. The monoisotopic (exact) mass is 305 g/mol. The van der Waals surface area contributed by atoms with Crippen molar-refractivity contribution in [3.63, 3.8) is 0 Å². The molecule has 0 radical (unpaired) electrons. The Balaban J connectivity index is 1.46. The molecule has 1 aromatic rings. The normalized spacial score (nSPS) is 20.7. The predicted octanol–water partition coefficient (Wildman–Crippen LogP) is 1.75. The fraction of sp³-hybridized carbons (Fsp3) is 0.706. The lowest BCUT2D eigenvalue weighted by atomic mass is 10.2. The third kappa shape index (κ3) is 3.52. The molecule has 2 fully saturated rings. The molecule has 2 aliphatic rings. The van der Waals surface area contributed by atoms with Gasteiger partial charge in [0.05, 0.1) is 5.56 Å². The van der Waals surface area contributed by atoms with E-state index in [-0.39, 0.29) is 5.91 Å². The Morgan fingerprint density at radius 1 is 1.00 bits per heavy atom. The van der Waals surface area contributed by atoms with Crippen molar-refractivity contribution in [2.24, 2.45) is 0 Å². The summed E-state index contributed by atoms with van der Waals surface area (Å²) in [5, 5.41) is 0. The largest absolute Gasteiger partial charge is 0.466 e. The molecule has 22 heavy (non-hydrogen) atoms. The van der Waals surface area contributed by atoms with Crippen LogP contribution >= 0.6 is 0 Å². The van der Waals surface area contributed by atoms with Crippen LogP contribution in [0, 0.1) is 13.8 Å². The molecule has 122 valence electrons. The van der Waals surface area contributed by atoms with Crippen molar-refractivity contribution in [2.45, 2.75) is 26.7 Å². The van der Waals surface area contributed by atoms with Gasteiger partial charge in [-0.15, -0.1) is 0 Å². The highest BCUT2D eigenvalue weighted by Gasteiger charge is 2.25. The summed E-state index contributed by atoms with van der Waals surface area (Å²) in [4.78, 5) is 19.5. The molecule has 0 bridgehead atoms. The van der Waals surface area contributed by atoms with E-state index in [1.165, 1.54) is 32.5 Å². The maximum Gasteiger partial charge on any atom is 0.257 e. The summed E-state index contributed by atoms with van der Waals surface area (Å²) in [6, 6.07) is 1.86. The predicted molar refractivity (Wildman–Crippen MR) is 86.2 cm³/mol. The Morgan fingerprint density at radius 2 is 1.59 bits per heavy atom. The lowest BCUT2D eigenvalue weighted by molar-refractivity contribution is 0.0625. The van der Waals surface area contributed by atoms with Crippen molar-refractivity contribution in [3.8, 4) is 0 Å². The average molecular weight is 305 g/mol. The van der Waals surface area contributed by atoms with E-state index in [0.717, 1.165) is 49.8 Å². The van der Waals surface area contributed by atoms with Gasteiger partial charge in [0.1, 0.15) is 11.5 Å². The number of hydrogen-bond donors (Lipinski definition) is 0. The van der Waals surface area contributed by atoms with Crippen molar-refractivity contribution < 1.29 is 9.21 Å². The van der Waals surface area contributed by atoms with Crippen molar-refractivity contribution in [1.29, 1.82) is 0 Å². The lowest BCUT2D eigenvalue weighted by Gasteiger charge is -2.35. The summed E-state index contributed by atoms with van der Waals surface area (Å²) in [6.07, 6.45) is 2.71. The summed E-state index contributed by atoms with van der Waals surface area (Å²) < 4.78 is 5.48. The molecule has 3 rings (SSSR count). The van der Waals surface area contributed by atoms with Gasteiger partial charge in [-0.05, 0) is 45.8 Å². The minimum atomic E-state index is 0.119. The number of carbonyl (C=O) groups excluding carboxylic acids is 1. The highest BCUT2D eigenvalue weighted by molar-refractivity contribution is 5.95. The number of likely N-dealkylation sites (tertiary alicyclic amines) is 1. The van der Waals surface area contributed by atoms with E-state index in [9.17, 15) is 4.79 Å². The fourth-order valence-corrected chi connectivity index (χ4v) is 3.48. The third-order valence-corrected chi connectivity index (χ3v) is 4.86. The van der Waals surface area contributed by atoms with E-state index in [0.29, 0.717) is 0 Å². The van der Waals surface area contributed by atoms with Crippen LogP contribution in [0.3, 0.4) is 0 Å². The number of carbonyl (C=O) groups is 1. The summed E-state index contributed by atoms with van der Waals surface area (Å²) in [7, 11) is 0. The van der Waals surface area contributed by atoms with Crippen LogP contribution in [0.5, 0.6) is 0 Å². The second-order valence-corrected chi connectivity index (χ2v) is 6.51. The van der Waals surface area contributed by atoms with Gasteiger partial charge in [0, 0.05) is 39.3 Å². The van der Waals surface area contributed by atoms with E-state index in [1.54, 1.807) is 0 Å². The van der Waals surface area contributed by atoms with Crippen LogP contribution in [-0.4, -0.2) is 73.0 Å². The number of furan rings is 1. The molecule has 2 saturated heterocycles. The molecule has 0 spiro atoms. The molecule has 0 saturated carbocycles. The number of hydrogen-bond acceptors (Lipinski definition) is 4. The number of piperazine rings is 1. The molecule has 0 aliphatic carbocycles. The maximum absolute atomic E-state index is 12.5. The zero-order valence-corrected chi connectivity index (χ0v) is 13.8. The standard InChI is InChI=1S/C17H27N3O2/c1-14-13-16(15(2)22-14)17(21)20-11-9-19(10-12-20)8-7-18-5-3-4-6-18/h13H,3-12H2,1-2H3. The van der Waals surface area contributed by atoms with Crippen LogP contribution in [-0.2, 0) is 0 Å². The molecule has 5 nitrogen and oxygen atoms in total. The second-order valence-electron chi connectivity index (χ2n) is 6.51. The van der Waals surface area contributed by atoms with Gasteiger partial charge in [-0.3, -0.25) is 9.69 Å². The van der Waals surface area contributed by atoms with E-state index in [4.69, 9.17) is 4.42 Å². The highest BCUT2D eigenvalue weighted by atomic mass is 16.3. The SMILES string of the molecule is Cc1cc(C(=O)N2CCN(CCN3CCCC3)CC2)c(C)o1. The Labute approximate surface area is 132 Å². The molecule has 5 heteroatoms. The summed E-state index contributed by atoms with van der Waals surface area (Å²) in [6.45, 7) is 12.2. The molecule has 0 atom stereocenters. The summed E-state index contributed by atoms with van der Waals surface area (Å²) in [5.74, 6) is 1.66. The van der Waals surface area contributed by atoms with Crippen LogP contribution in [0.2, 0.25) is 0 Å². The molecule has 0 unspecified atom stereocenters. The first-order chi connectivity index (χ1) is 10.6. The molecule has 2 aliphatic heterocycles. The van der Waals surface area contributed by atoms with Crippen molar-refractivity contribution in [2.75, 3.05) is 52.4 Å². The van der Waals surface area contributed by atoms with Crippen molar-refractivity contribution in [1.82, 2.24) is 14.7 Å². The zero-order chi connectivity index (χ0) is 15.5. The Bertz CT molecular complexity index is 512. The van der Waals surface area contributed by atoms with E-state index >= 15 is 0 Å². The van der Waals surface area contributed by atoms with Gasteiger partial charge in [0.25, 0.3) is 5.91 Å². The summed E-state index contributed by atoms with van der Waals surface area (Å²) in [5.41, 5.74) is 0.725. The number of aryl methyl sites for hydroxylation is 2. The first-order valence-corrected chi connectivity index (χ1v) is 8.44. The number of amides is 1. The molecule has 0 aromatic carbocycles. The van der Waals surface area contributed by atoms with Gasteiger partial charge < -0.3 is 14.2 Å². The van der Waals surface area contributed by atoms with Crippen LogP contribution in [0.25, 0.3) is 0 Å². The molecular weight excluding hydrogens is 278 g/mol. The minimum Gasteiger partial charge on any atom is -0.466 e. The van der Waals surface area contributed by atoms with Gasteiger partial charge >= 0.3 is 0 Å². The van der Waals surface area contributed by atoms with Crippen LogP contribution in [0.15, 0.2) is 10.5 Å². The lowest BCUT2D eigenvalue weighted by Crippen LogP contribution is -2.50. The molecule has 0 N–H and O–H groups in total. The molecule has 3 heterocycles. The number of rotatable bonds is 4. The van der Waals surface area contributed by atoms with Gasteiger partial charge in [-0.1, -0.05) is 0 Å². The topological polar surface area (TPSA) is 39.9 Å². The minimum absolute atomic E-state index is 0.119. The Morgan fingerprint density at radius 3 is 2.14 bits per heavy atom. The van der Waals surface area contributed by atoms with Crippen molar-refractivity contribution >= 4 is 5.91 Å². The van der Waals surface area contributed by atoms with Gasteiger partial charge in [0.15, 0.2) is 0 Å². The Hall–Kier alpha value is -1.33. The first kappa shape index (κ1) is 15.6. The summed E-state index contributed by atoms with van der Waals surface area (Å²) >= 11 is 0. The Kier molecular flexibility index (Phi) is 4.84. The van der Waals surface area contributed by atoms with E-state index < -0.39 is 0 Å². The molecule has 1 aromatic heterocycles. The second kappa shape index (κ2) is 6.84. The van der Waals surface area contributed by atoms with Crippen LogP contribution in [0.4, 0.5) is 0 Å². The highest BCUT2D eigenvalue weighted by Crippen LogP contribution is 2.17. The van der Waals surface area contributed by atoms with Gasteiger partial charge in [-0.2, -0.15) is 0 Å². The molecular formula is C17H27N3O2. The molecule has 1 amide bonds. The smallest absolute Gasteiger partial charge is 0.257 e. The van der Waals surface area contributed by atoms with Gasteiger partial charge in [-0.25, -0.2) is 0 Å².